The van der Waals surface area contributed by atoms with Crippen LogP contribution >= 0.6 is 0 Å². The van der Waals surface area contributed by atoms with E-state index in [-0.39, 0.29) is 18.1 Å². The normalized spacial score (nSPS) is 10.9. The van der Waals surface area contributed by atoms with Gasteiger partial charge in [-0.1, -0.05) is 48.5 Å². The molecule has 2 N–H and O–H groups in total. The first-order valence-corrected chi connectivity index (χ1v) is 11.7. The number of ether oxygens (including phenoxy) is 1. The van der Waals surface area contributed by atoms with Crippen LogP contribution in [-0.4, -0.2) is 29.6 Å². The van der Waals surface area contributed by atoms with Gasteiger partial charge < -0.3 is 19.9 Å². The molecule has 4 rings (SSSR count). The maximum absolute atomic E-state index is 13.4. The second-order valence-electron chi connectivity index (χ2n) is 8.82. The molecule has 0 spiro atoms. The van der Waals surface area contributed by atoms with Crippen molar-refractivity contribution in [1.29, 1.82) is 0 Å². The van der Waals surface area contributed by atoms with Gasteiger partial charge in [0.15, 0.2) is 0 Å². The van der Waals surface area contributed by atoms with Gasteiger partial charge in [-0.3, -0.25) is 4.79 Å². The maximum Gasteiger partial charge on any atom is 0.322 e. The number of fused-ring (bicyclic) bond motifs is 1. The molecular formula is C29H31N3O3. The smallest absolute Gasteiger partial charge is 0.322 e. The number of aromatic amines is 1. The molecule has 0 saturated heterocycles. The van der Waals surface area contributed by atoms with Crippen molar-refractivity contribution >= 4 is 22.6 Å². The van der Waals surface area contributed by atoms with Gasteiger partial charge in [-0.2, -0.15) is 0 Å². The minimum absolute atomic E-state index is 0.183. The largest absolute Gasteiger partial charge is 0.495 e. The number of para-hydroxylation sites is 2. The first-order chi connectivity index (χ1) is 16.9. The number of urea groups is 1. The van der Waals surface area contributed by atoms with Crippen molar-refractivity contribution in [2.24, 2.45) is 0 Å². The van der Waals surface area contributed by atoms with Crippen LogP contribution in [0.25, 0.3) is 10.9 Å². The van der Waals surface area contributed by atoms with E-state index < -0.39 is 0 Å². The quantitative estimate of drug-likeness (QED) is 0.363. The first kappa shape index (κ1) is 24.1. The molecule has 0 unspecified atom stereocenters. The summed E-state index contributed by atoms with van der Waals surface area (Å²) in [7, 11) is 1.57. The van der Waals surface area contributed by atoms with E-state index in [1.54, 1.807) is 24.1 Å². The van der Waals surface area contributed by atoms with Crippen molar-refractivity contribution in [3.63, 3.8) is 0 Å². The number of aryl methyl sites for hydroxylation is 3. The summed E-state index contributed by atoms with van der Waals surface area (Å²) in [5.74, 6) is 0.578. The van der Waals surface area contributed by atoms with Gasteiger partial charge in [0, 0.05) is 12.1 Å². The molecule has 0 radical (unpaired) electrons. The number of rotatable bonds is 7. The van der Waals surface area contributed by atoms with Crippen LogP contribution < -0.4 is 15.6 Å². The number of nitrogens with zero attached hydrogens (tertiary/aromatic N) is 1. The minimum Gasteiger partial charge on any atom is -0.495 e. The lowest BCUT2D eigenvalue weighted by Crippen LogP contribution is -2.37. The van der Waals surface area contributed by atoms with Crippen molar-refractivity contribution in [3.05, 3.63) is 105 Å². The Labute approximate surface area is 205 Å². The summed E-state index contributed by atoms with van der Waals surface area (Å²) in [6.07, 6.45) is 0.676. The Hall–Kier alpha value is -4.06. The molecule has 0 saturated carbocycles. The molecule has 0 bridgehead atoms. The molecule has 6 nitrogen and oxygen atoms in total. The highest BCUT2D eigenvalue weighted by Crippen LogP contribution is 2.24. The van der Waals surface area contributed by atoms with Gasteiger partial charge in [-0.05, 0) is 73.0 Å². The third kappa shape index (κ3) is 5.38. The Bertz CT molecular complexity index is 1420. The fraction of sp³-hybridized carbons (Fsp3) is 0.241. The van der Waals surface area contributed by atoms with Crippen molar-refractivity contribution in [2.75, 3.05) is 19.0 Å². The Morgan fingerprint density at radius 2 is 1.69 bits per heavy atom. The highest BCUT2D eigenvalue weighted by Gasteiger charge is 2.18. The third-order valence-electron chi connectivity index (χ3n) is 6.54. The number of carbonyl (C=O) groups is 1. The van der Waals surface area contributed by atoms with E-state index in [0.29, 0.717) is 30.0 Å². The maximum atomic E-state index is 13.4. The fourth-order valence-corrected chi connectivity index (χ4v) is 4.23. The number of hydrogen-bond acceptors (Lipinski definition) is 3. The monoisotopic (exact) mass is 469 g/mol. The molecule has 0 fully saturated rings. The van der Waals surface area contributed by atoms with E-state index in [2.05, 4.69) is 29.4 Å². The predicted octanol–water partition coefficient (Wildman–Crippen LogP) is 5.74. The molecule has 2 amide bonds. The average molecular weight is 470 g/mol. The molecule has 0 atom stereocenters. The number of hydrogen-bond donors (Lipinski definition) is 2. The number of methoxy groups -OCH3 is 1. The fourth-order valence-electron chi connectivity index (χ4n) is 4.23. The molecule has 1 aromatic heterocycles. The summed E-state index contributed by atoms with van der Waals surface area (Å²) in [4.78, 5) is 31.1. The van der Waals surface area contributed by atoms with Crippen LogP contribution in [0.1, 0.15) is 27.8 Å². The molecule has 35 heavy (non-hydrogen) atoms. The van der Waals surface area contributed by atoms with E-state index in [4.69, 9.17) is 4.74 Å². The topological polar surface area (TPSA) is 74.4 Å². The van der Waals surface area contributed by atoms with Crippen molar-refractivity contribution in [2.45, 2.75) is 33.7 Å². The molecule has 0 aliphatic rings. The van der Waals surface area contributed by atoms with Crippen LogP contribution in [-0.2, 0) is 13.0 Å². The second-order valence-corrected chi connectivity index (χ2v) is 8.82. The minimum atomic E-state index is -0.289. The SMILES string of the molecule is COc1ccccc1NC(=O)N(CCc1ccccc1C)Cc1cc2ccc(C)c(C)c2[nH]c1=O. The van der Waals surface area contributed by atoms with Gasteiger partial charge in [-0.15, -0.1) is 0 Å². The van der Waals surface area contributed by atoms with Crippen LogP contribution in [0.2, 0.25) is 0 Å². The van der Waals surface area contributed by atoms with Crippen LogP contribution in [0.4, 0.5) is 10.5 Å². The Morgan fingerprint density at radius 1 is 0.943 bits per heavy atom. The zero-order valence-corrected chi connectivity index (χ0v) is 20.6. The summed E-state index contributed by atoms with van der Waals surface area (Å²) in [6, 6.07) is 21.1. The number of aromatic nitrogens is 1. The summed E-state index contributed by atoms with van der Waals surface area (Å²) < 4.78 is 5.39. The van der Waals surface area contributed by atoms with E-state index in [0.717, 1.165) is 22.0 Å². The van der Waals surface area contributed by atoms with E-state index in [9.17, 15) is 9.59 Å². The number of carbonyl (C=O) groups excluding carboxylic acids is 1. The third-order valence-corrected chi connectivity index (χ3v) is 6.54. The molecule has 1 heterocycles. The van der Waals surface area contributed by atoms with Crippen molar-refractivity contribution < 1.29 is 9.53 Å². The molecule has 6 heteroatoms. The number of H-pyrrole nitrogens is 1. The van der Waals surface area contributed by atoms with Gasteiger partial charge in [-0.25, -0.2) is 4.79 Å². The Kier molecular flexibility index (Phi) is 7.20. The van der Waals surface area contributed by atoms with E-state index >= 15 is 0 Å². The van der Waals surface area contributed by atoms with E-state index in [1.165, 1.54) is 11.1 Å². The Morgan fingerprint density at radius 3 is 2.46 bits per heavy atom. The first-order valence-electron chi connectivity index (χ1n) is 11.7. The molecule has 180 valence electrons. The van der Waals surface area contributed by atoms with E-state index in [1.807, 2.05) is 56.3 Å². The lowest BCUT2D eigenvalue weighted by atomic mass is 10.0. The number of amides is 2. The number of benzene rings is 3. The number of nitrogens with one attached hydrogen (secondary N) is 2. The van der Waals surface area contributed by atoms with Gasteiger partial charge in [0.1, 0.15) is 5.75 Å². The highest BCUT2D eigenvalue weighted by atomic mass is 16.5. The van der Waals surface area contributed by atoms with Crippen molar-refractivity contribution in [3.8, 4) is 5.75 Å². The van der Waals surface area contributed by atoms with Crippen LogP contribution in [0, 0.1) is 20.8 Å². The summed E-state index contributed by atoms with van der Waals surface area (Å²) in [5.41, 5.74) is 6.29. The van der Waals surface area contributed by atoms with Crippen LogP contribution in [0.5, 0.6) is 5.75 Å². The average Bonchev–Trinajstić information content (AvgIpc) is 2.86. The van der Waals surface area contributed by atoms with Gasteiger partial charge in [0.05, 0.1) is 24.9 Å². The summed E-state index contributed by atoms with van der Waals surface area (Å²) >= 11 is 0. The van der Waals surface area contributed by atoms with Crippen molar-refractivity contribution in [1.82, 2.24) is 9.88 Å². The van der Waals surface area contributed by atoms with Gasteiger partial charge >= 0.3 is 6.03 Å². The van der Waals surface area contributed by atoms with Gasteiger partial charge in [0.25, 0.3) is 5.56 Å². The molecule has 0 aliphatic carbocycles. The molecular weight excluding hydrogens is 438 g/mol. The van der Waals surface area contributed by atoms with Crippen LogP contribution in [0.3, 0.4) is 0 Å². The summed E-state index contributed by atoms with van der Waals surface area (Å²) in [5, 5.41) is 3.91. The molecule has 3 aromatic carbocycles. The highest BCUT2D eigenvalue weighted by molar-refractivity contribution is 5.91. The number of anilines is 1. The zero-order valence-electron chi connectivity index (χ0n) is 20.6. The standard InChI is InChI=1S/C29H31N3O3/c1-19-13-14-23-17-24(28(33)31-27(23)21(19)3)18-32(16-15-22-10-6-5-9-20(22)2)29(34)30-25-11-7-8-12-26(25)35-4/h5-14,17H,15-16,18H2,1-4H3,(H,30,34)(H,31,33). The lowest BCUT2D eigenvalue weighted by Gasteiger charge is -2.24. The molecule has 4 aromatic rings. The Balaban J connectivity index is 1.65. The molecule has 0 aliphatic heterocycles. The summed E-state index contributed by atoms with van der Waals surface area (Å²) in [6.45, 7) is 6.73. The second kappa shape index (κ2) is 10.5. The zero-order chi connectivity index (χ0) is 24.9. The van der Waals surface area contributed by atoms with Crippen LogP contribution in [0.15, 0.2) is 71.5 Å². The predicted molar refractivity (Wildman–Crippen MR) is 141 cm³/mol. The lowest BCUT2D eigenvalue weighted by molar-refractivity contribution is 0.209. The van der Waals surface area contributed by atoms with Gasteiger partial charge in [0.2, 0.25) is 0 Å². The number of pyridine rings is 1.